The average molecular weight is 324 g/mol. The van der Waals surface area contributed by atoms with Gasteiger partial charge in [-0.25, -0.2) is 8.42 Å². The second-order valence-electron chi connectivity index (χ2n) is 6.02. The third-order valence-electron chi connectivity index (χ3n) is 4.56. The molecule has 0 atom stereocenters. The number of rotatable bonds is 5. The minimum absolute atomic E-state index is 0.405. The Bertz CT molecular complexity index is 622. The van der Waals surface area contributed by atoms with Crippen molar-refractivity contribution in [1.82, 2.24) is 9.62 Å². The SMILES string of the molecule is CCNCC1CCN(S(=O)(=O)c2ccc3c(c2)CCO3)CC1. The van der Waals surface area contributed by atoms with Crippen molar-refractivity contribution in [3.8, 4) is 5.75 Å². The molecule has 0 amide bonds. The van der Waals surface area contributed by atoms with Crippen LogP contribution in [0.3, 0.4) is 0 Å². The number of nitrogens with one attached hydrogen (secondary N) is 1. The van der Waals surface area contributed by atoms with Crippen LogP contribution in [0, 0.1) is 5.92 Å². The maximum atomic E-state index is 12.8. The van der Waals surface area contributed by atoms with Gasteiger partial charge >= 0.3 is 0 Å². The predicted octanol–water partition coefficient (Wildman–Crippen LogP) is 1.63. The van der Waals surface area contributed by atoms with Gasteiger partial charge in [0, 0.05) is 19.5 Å². The molecular weight excluding hydrogens is 300 g/mol. The molecule has 0 aliphatic carbocycles. The summed E-state index contributed by atoms with van der Waals surface area (Å²) in [4.78, 5) is 0.405. The number of piperidine rings is 1. The van der Waals surface area contributed by atoms with Gasteiger partial charge in [0.15, 0.2) is 0 Å². The second-order valence-corrected chi connectivity index (χ2v) is 7.96. The van der Waals surface area contributed by atoms with E-state index in [0.717, 1.165) is 43.7 Å². The minimum atomic E-state index is -3.37. The van der Waals surface area contributed by atoms with Gasteiger partial charge in [-0.3, -0.25) is 0 Å². The maximum Gasteiger partial charge on any atom is 0.243 e. The highest BCUT2D eigenvalue weighted by molar-refractivity contribution is 7.89. The fourth-order valence-electron chi connectivity index (χ4n) is 3.17. The van der Waals surface area contributed by atoms with E-state index < -0.39 is 10.0 Å². The Morgan fingerprint density at radius 1 is 1.32 bits per heavy atom. The van der Waals surface area contributed by atoms with Gasteiger partial charge in [0.1, 0.15) is 5.75 Å². The molecule has 2 heterocycles. The number of fused-ring (bicyclic) bond motifs is 1. The van der Waals surface area contributed by atoms with Crippen LogP contribution in [-0.2, 0) is 16.4 Å². The molecule has 5 nitrogen and oxygen atoms in total. The lowest BCUT2D eigenvalue weighted by atomic mass is 9.98. The molecule has 1 fully saturated rings. The molecule has 3 rings (SSSR count). The van der Waals surface area contributed by atoms with Crippen LogP contribution < -0.4 is 10.1 Å². The summed E-state index contributed by atoms with van der Waals surface area (Å²) in [6, 6.07) is 5.24. The van der Waals surface area contributed by atoms with Gasteiger partial charge in [0.2, 0.25) is 10.0 Å². The minimum Gasteiger partial charge on any atom is -0.493 e. The molecule has 2 aliphatic rings. The zero-order valence-electron chi connectivity index (χ0n) is 13.0. The Morgan fingerprint density at radius 2 is 2.09 bits per heavy atom. The van der Waals surface area contributed by atoms with E-state index in [0.29, 0.717) is 30.5 Å². The zero-order valence-corrected chi connectivity index (χ0v) is 13.9. The predicted molar refractivity (Wildman–Crippen MR) is 85.7 cm³/mol. The van der Waals surface area contributed by atoms with E-state index in [2.05, 4.69) is 12.2 Å². The molecule has 1 saturated heterocycles. The molecular formula is C16H24N2O3S. The molecule has 1 aromatic carbocycles. The Kier molecular flexibility index (Phi) is 4.70. The number of nitrogens with zero attached hydrogens (tertiary/aromatic N) is 1. The van der Waals surface area contributed by atoms with E-state index in [1.54, 1.807) is 22.5 Å². The van der Waals surface area contributed by atoms with Crippen molar-refractivity contribution >= 4 is 10.0 Å². The molecule has 22 heavy (non-hydrogen) atoms. The van der Waals surface area contributed by atoms with Gasteiger partial charge in [0.05, 0.1) is 11.5 Å². The second kappa shape index (κ2) is 6.56. The fraction of sp³-hybridized carbons (Fsp3) is 0.625. The highest BCUT2D eigenvalue weighted by atomic mass is 32.2. The van der Waals surface area contributed by atoms with Gasteiger partial charge in [-0.1, -0.05) is 6.92 Å². The van der Waals surface area contributed by atoms with Crippen molar-refractivity contribution in [1.29, 1.82) is 0 Å². The first-order chi connectivity index (χ1) is 10.6. The third-order valence-corrected chi connectivity index (χ3v) is 6.45. The Hall–Kier alpha value is -1.11. The third kappa shape index (κ3) is 3.14. The highest BCUT2D eigenvalue weighted by Gasteiger charge is 2.30. The average Bonchev–Trinajstić information content (AvgIpc) is 3.01. The van der Waals surface area contributed by atoms with Gasteiger partial charge < -0.3 is 10.1 Å². The molecule has 2 aliphatic heterocycles. The molecule has 1 N–H and O–H groups in total. The van der Waals surface area contributed by atoms with Crippen molar-refractivity contribution < 1.29 is 13.2 Å². The molecule has 122 valence electrons. The van der Waals surface area contributed by atoms with Crippen molar-refractivity contribution in [2.45, 2.75) is 31.1 Å². The zero-order chi connectivity index (χ0) is 15.6. The molecule has 0 unspecified atom stereocenters. The lowest BCUT2D eigenvalue weighted by molar-refractivity contribution is 0.268. The van der Waals surface area contributed by atoms with E-state index >= 15 is 0 Å². The monoisotopic (exact) mass is 324 g/mol. The van der Waals surface area contributed by atoms with Gasteiger partial charge in [0.25, 0.3) is 0 Å². The van der Waals surface area contributed by atoms with Crippen molar-refractivity contribution in [3.05, 3.63) is 23.8 Å². The van der Waals surface area contributed by atoms with Crippen LogP contribution in [0.2, 0.25) is 0 Å². The first kappa shape index (κ1) is 15.8. The first-order valence-electron chi connectivity index (χ1n) is 8.08. The number of hydrogen-bond donors (Lipinski definition) is 1. The largest absolute Gasteiger partial charge is 0.493 e. The standard InChI is InChI=1S/C16H24N2O3S/c1-2-17-12-13-5-8-18(9-6-13)22(19,20)15-3-4-16-14(11-15)7-10-21-16/h3-4,11,13,17H,2,5-10,12H2,1H3. The summed E-state index contributed by atoms with van der Waals surface area (Å²) in [5.74, 6) is 1.41. The summed E-state index contributed by atoms with van der Waals surface area (Å²) < 4.78 is 32.6. The molecule has 0 aromatic heterocycles. The maximum absolute atomic E-state index is 12.8. The van der Waals surface area contributed by atoms with Gasteiger partial charge in [-0.2, -0.15) is 4.31 Å². The summed E-state index contributed by atoms with van der Waals surface area (Å²) >= 11 is 0. The van der Waals surface area contributed by atoms with E-state index in [1.165, 1.54) is 0 Å². The Labute approximate surface area is 132 Å². The molecule has 6 heteroatoms. The topological polar surface area (TPSA) is 58.6 Å². The summed E-state index contributed by atoms with van der Waals surface area (Å²) in [7, 11) is -3.37. The lowest BCUT2D eigenvalue weighted by Crippen LogP contribution is -2.40. The van der Waals surface area contributed by atoms with Crippen molar-refractivity contribution in [3.63, 3.8) is 0 Å². The van der Waals surface area contributed by atoms with E-state index in [1.807, 2.05) is 0 Å². The number of hydrogen-bond acceptors (Lipinski definition) is 4. The van der Waals surface area contributed by atoms with Crippen molar-refractivity contribution in [2.75, 3.05) is 32.8 Å². The Morgan fingerprint density at radius 3 is 2.82 bits per heavy atom. The summed E-state index contributed by atoms with van der Waals surface area (Å²) in [6.45, 7) is 5.93. The first-order valence-corrected chi connectivity index (χ1v) is 9.52. The van der Waals surface area contributed by atoms with Gasteiger partial charge in [-0.15, -0.1) is 0 Å². The van der Waals surface area contributed by atoms with Crippen LogP contribution in [0.5, 0.6) is 5.75 Å². The quantitative estimate of drug-likeness (QED) is 0.894. The van der Waals surface area contributed by atoms with Crippen LogP contribution in [0.25, 0.3) is 0 Å². The summed E-state index contributed by atoms with van der Waals surface area (Å²) in [5, 5.41) is 3.35. The van der Waals surface area contributed by atoms with Gasteiger partial charge in [-0.05, 0) is 55.6 Å². The van der Waals surface area contributed by atoms with Crippen LogP contribution in [0.4, 0.5) is 0 Å². The molecule has 0 spiro atoms. The fourth-order valence-corrected chi connectivity index (χ4v) is 4.70. The highest BCUT2D eigenvalue weighted by Crippen LogP contribution is 2.30. The van der Waals surface area contributed by atoms with Crippen LogP contribution in [-0.4, -0.2) is 45.5 Å². The smallest absolute Gasteiger partial charge is 0.243 e. The molecule has 1 aromatic rings. The number of benzene rings is 1. The number of ether oxygens (including phenoxy) is 1. The summed E-state index contributed by atoms with van der Waals surface area (Å²) in [6.07, 6.45) is 2.66. The number of sulfonamides is 1. The van der Waals surface area contributed by atoms with E-state index in [4.69, 9.17) is 4.74 Å². The van der Waals surface area contributed by atoms with Crippen LogP contribution in [0.15, 0.2) is 23.1 Å². The van der Waals surface area contributed by atoms with E-state index in [9.17, 15) is 8.42 Å². The van der Waals surface area contributed by atoms with Crippen molar-refractivity contribution in [2.24, 2.45) is 5.92 Å². The van der Waals surface area contributed by atoms with Crippen LogP contribution >= 0.6 is 0 Å². The normalized spacial score (nSPS) is 19.9. The Balaban J connectivity index is 1.69. The summed E-state index contributed by atoms with van der Waals surface area (Å²) in [5.41, 5.74) is 1.00. The molecule has 0 saturated carbocycles. The van der Waals surface area contributed by atoms with E-state index in [-0.39, 0.29) is 0 Å². The van der Waals surface area contributed by atoms with Crippen LogP contribution in [0.1, 0.15) is 25.3 Å². The lowest BCUT2D eigenvalue weighted by Gasteiger charge is -2.31. The molecule has 0 bridgehead atoms. The molecule has 0 radical (unpaired) electrons.